The number of benzene rings is 1. The Hall–Kier alpha value is -1.30. The second-order valence-corrected chi connectivity index (χ2v) is 6.87. The molecule has 0 aliphatic carbocycles. The number of nitrogen functional groups attached to an aromatic ring is 1. The molecule has 3 rings (SSSR count). The van der Waals surface area contributed by atoms with Crippen molar-refractivity contribution in [2.75, 3.05) is 11.1 Å². The molecular weight excluding hydrogens is 298 g/mol. The fourth-order valence-corrected chi connectivity index (χ4v) is 3.70. The van der Waals surface area contributed by atoms with Crippen molar-refractivity contribution in [1.82, 2.24) is 4.98 Å². The van der Waals surface area contributed by atoms with Crippen LogP contribution in [0.4, 0.5) is 11.4 Å². The Morgan fingerprint density at radius 2 is 2.16 bits per heavy atom. The van der Waals surface area contributed by atoms with E-state index in [9.17, 15) is 0 Å². The molecule has 3 nitrogen and oxygen atoms in total. The molecule has 0 saturated carbocycles. The Morgan fingerprint density at radius 1 is 1.32 bits per heavy atom. The molecule has 0 spiro atoms. The summed E-state index contributed by atoms with van der Waals surface area (Å²) < 4.78 is 1.90. The predicted octanol–water partition coefficient (Wildman–Crippen LogP) is 4.77. The van der Waals surface area contributed by atoms with Gasteiger partial charge in [0.2, 0.25) is 0 Å². The fraction of sp³-hybridized carbons (Fsp3) is 0.154. The van der Waals surface area contributed by atoms with E-state index in [1.807, 2.05) is 29.8 Å². The van der Waals surface area contributed by atoms with Crippen LogP contribution in [0.5, 0.6) is 0 Å². The first kappa shape index (κ1) is 12.7. The topological polar surface area (TPSA) is 50.9 Å². The zero-order valence-corrected chi connectivity index (χ0v) is 12.6. The molecule has 1 aromatic carbocycles. The number of thiophene rings is 1. The SMILES string of the molecule is CC(Nc1ccc2scnc2c1N)c1ccc(Cl)s1. The minimum absolute atomic E-state index is 0.163. The number of hydrogen-bond donors (Lipinski definition) is 2. The first-order chi connectivity index (χ1) is 9.15. The van der Waals surface area contributed by atoms with Crippen molar-refractivity contribution in [1.29, 1.82) is 0 Å². The third-order valence-electron chi connectivity index (χ3n) is 2.93. The largest absolute Gasteiger partial charge is 0.395 e. The molecule has 98 valence electrons. The van der Waals surface area contributed by atoms with Crippen LogP contribution in [0.2, 0.25) is 4.34 Å². The van der Waals surface area contributed by atoms with E-state index in [-0.39, 0.29) is 6.04 Å². The van der Waals surface area contributed by atoms with Gasteiger partial charge >= 0.3 is 0 Å². The molecule has 0 aliphatic rings. The van der Waals surface area contributed by atoms with Crippen LogP contribution in [0.25, 0.3) is 10.2 Å². The van der Waals surface area contributed by atoms with Gasteiger partial charge in [-0.2, -0.15) is 0 Å². The quantitative estimate of drug-likeness (QED) is 0.685. The smallest absolute Gasteiger partial charge is 0.106 e. The molecule has 19 heavy (non-hydrogen) atoms. The van der Waals surface area contributed by atoms with E-state index >= 15 is 0 Å². The van der Waals surface area contributed by atoms with Crippen molar-refractivity contribution in [2.45, 2.75) is 13.0 Å². The number of rotatable bonds is 3. The maximum atomic E-state index is 6.15. The molecule has 1 atom stereocenters. The van der Waals surface area contributed by atoms with Gasteiger partial charge in [-0.05, 0) is 31.2 Å². The highest BCUT2D eigenvalue weighted by atomic mass is 35.5. The lowest BCUT2D eigenvalue weighted by Crippen LogP contribution is -2.07. The van der Waals surface area contributed by atoms with E-state index in [0.29, 0.717) is 5.69 Å². The first-order valence-corrected chi connectivity index (χ1v) is 7.86. The van der Waals surface area contributed by atoms with Crippen molar-refractivity contribution in [3.05, 3.63) is 39.0 Å². The van der Waals surface area contributed by atoms with Gasteiger partial charge < -0.3 is 11.1 Å². The number of nitrogens with zero attached hydrogens (tertiary/aromatic N) is 1. The van der Waals surface area contributed by atoms with Crippen LogP contribution in [0.3, 0.4) is 0 Å². The van der Waals surface area contributed by atoms with Gasteiger partial charge in [-0.3, -0.25) is 0 Å². The van der Waals surface area contributed by atoms with Crippen LogP contribution < -0.4 is 11.1 Å². The van der Waals surface area contributed by atoms with Crippen molar-refractivity contribution < 1.29 is 0 Å². The number of thiazole rings is 1. The maximum Gasteiger partial charge on any atom is 0.106 e. The maximum absolute atomic E-state index is 6.15. The lowest BCUT2D eigenvalue weighted by Gasteiger charge is -2.15. The number of fused-ring (bicyclic) bond motifs is 1. The monoisotopic (exact) mass is 309 g/mol. The highest BCUT2D eigenvalue weighted by Crippen LogP contribution is 2.34. The lowest BCUT2D eigenvalue weighted by molar-refractivity contribution is 0.909. The predicted molar refractivity (Wildman–Crippen MR) is 85.4 cm³/mol. The van der Waals surface area contributed by atoms with Crippen LogP contribution in [0.1, 0.15) is 17.8 Å². The molecule has 0 radical (unpaired) electrons. The summed E-state index contributed by atoms with van der Waals surface area (Å²) in [5, 5.41) is 3.41. The highest BCUT2D eigenvalue weighted by molar-refractivity contribution is 7.17. The second kappa shape index (κ2) is 5.00. The minimum atomic E-state index is 0.163. The molecule has 0 fully saturated rings. The Labute approximate surface area is 124 Å². The van der Waals surface area contributed by atoms with Gasteiger partial charge in [-0.15, -0.1) is 22.7 Å². The third-order valence-corrected chi connectivity index (χ3v) is 5.14. The summed E-state index contributed by atoms with van der Waals surface area (Å²) >= 11 is 9.13. The molecule has 0 bridgehead atoms. The van der Waals surface area contributed by atoms with Crippen LogP contribution in [-0.2, 0) is 0 Å². The molecule has 2 heterocycles. The molecule has 0 saturated heterocycles. The summed E-state index contributed by atoms with van der Waals surface area (Å²) in [5.41, 5.74) is 10.4. The first-order valence-electron chi connectivity index (χ1n) is 5.78. The van der Waals surface area contributed by atoms with Crippen molar-refractivity contribution in [3.8, 4) is 0 Å². The Balaban J connectivity index is 1.90. The average molecular weight is 310 g/mol. The van der Waals surface area contributed by atoms with Crippen LogP contribution >= 0.6 is 34.3 Å². The van der Waals surface area contributed by atoms with Gasteiger partial charge in [0.05, 0.1) is 32.0 Å². The van der Waals surface area contributed by atoms with Crippen molar-refractivity contribution in [3.63, 3.8) is 0 Å². The van der Waals surface area contributed by atoms with Gasteiger partial charge in [-0.25, -0.2) is 4.98 Å². The van der Waals surface area contributed by atoms with Crippen molar-refractivity contribution in [2.24, 2.45) is 0 Å². The summed E-state index contributed by atoms with van der Waals surface area (Å²) in [5.74, 6) is 0. The highest BCUT2D eigenvalue weighted by Gasteiger charge is 2.12. The van der Waals surface area contributed by atoms with E-state index in [0.717, 1.165) is 20.2 Å². The Morgan fingerprint density at radius 3 is 2.89 bits per heavy atom. The number of nitrogens with one attached hydrogen (secondary N) is 1. The zero-order valence-electron chi connectivity index (χ0n) is 10.2. The minimum Gasteiger partial charge on any atom is -0.395 e. The standard InChI is InChI=1S/C13H12ClN3S2/c1-7(9-4-5-11(14)19-9)17-8-2-3-10-13(12(8)15)16-6-18-10/h2-7,17H,15H2,1H3. The second-order valence-electron chi connectivity index (χ2n) is 4.23. The number of anilines is 2. The summed E-state index contributed by atoms with van der Waals surface area (Å²) in [7, 11) is 0. The van der Waals surface area contributed by atoms with Crippen LogP contribution in [-0.4, -0.2) is 4.98 Å². The summed E-state index contributed by atoms with van der Waals surface area (Å²) in [6.45, 7) is 2.09. The number of aromatic nitrogens is 1. The number of hydrogen-bond acceptors (Lipinski definition) is 5. The van der Waals surface area contributed by atoms with Crippen molar-refractivity contribution >= 4 is 55.9 Å². The zero-order chi connectivity index (χ0) is 13.4. The summed E-state index contributed by atoms with van der Waals surface area (Å²) in [4.78, 5) is 5.48. The van der Waals surface area contributed by atoms with Gasteiger partial charge in [0, 0.05) is 4.88 Å². The molecule has 3 N–H and O–H groups in total. The summed E-state index contributed by atoms with van der Waals surface area (Å²) in [6.07, 6.45) is 0. The number of halogens is 1. The van der Waals surface area contributed by atoms with E-state index in [1.165, 1.54) is 4.88 Å². The van der Waals surface area contributed by atoms with E-state index in [2.05, 4.69) is 17.2 Å². The number of nitrogens with two attached hydrogens (primary N) is 1. The van der Waals surface area contributed by atoms with E-state index in [4.69, 9.17) is 17.3 Å². The van der Waals surface area contributed by atoms with Gasteiger partial charge in [0.15, 0.2) is 0 Å². The molecule has 6 heteroatoms. The molecule has 0 aliphatic heterocycles. The van der Waals surface area contributed by atoms with Crippen LogP contribution in [0, 0.1) is 0 Å². The van der Waals surface area contributed by atoms with Gasteiger partial charge in [0.1, 0.15) is 5.52 Å². The van der Waals surface area contributed by atoms with Crippen LogP contribution in [0.15, 0.2) is 29.8 Å². The summed E-state index contributed by atoms with van der Waals surface area (Å²) in [6, 6.07) is 8.15. The van der Waals surface area contributed by atoms with Gasteiger partial charge in [-0.1, -0.05) is 11.6 Å². The molecular formula is C13H12ClN3S2. The fourth-order valence-electron chi connectivity index (χ4n) is 1.94. The normalized spacial score (nSPS) is 12.7. The third kappa shape index (κ3) is 2.41. The Kier molecular flexibility index (Phi) is 3.35. The lowest BCUT2D eigenvalue weighted by atomic mass is 10.2. The van der Waals surface area contributed by atoms with E-state index in [1.54, 1.807) is 22.7 Å². The van der Waals surface area contributed by atoms with E-state index < -0.39 is 0 Å². The molecule has 0 amide bonds. The average Bonchev–Trinajstić information content (AvgIpc) is 3.01. The Bertz CT molecular complexity index is 720. The molecule has 3 aromatic rings. The molecule has 1 unspecified atom stereocenters. The van der Waals surface area contributed by atoms with Gasteiger partial charge in [0.25, 0.3) is 0 Å². The molecule has 2 aromatic heterocycles.